The first-order valence-electron chi connectivity index (χ1n) is 10.1. The topological polar surface area (TPSA) is 17.1 Å². The lowest BCUT2D eigenvalue weighted by Crippen LogP contribution is -2.14. The monoisotopic (exact) mass is 356 g/mol. The van der Waals surface area contributed by atoms with Crippen LogP contribution in [0.1, 0.15) is 71.6 Å². The number of allylic oxidation sites excluding steroid dienone is 1. The number of ketones is 1. The molecule has 0 spiro atoms. The second-order valence-corrected chi connectivity index (χ2v) is 7.48. The van der Waals surface area contributed by atoms with Crippen LogP contribution in [-0.4, -0.2) is 5.78 Å². The van der Waals surface area contributed by atoms with Gasteiger partial charge in [0.15, 0.2) is 5.78 Å². The number of carbonyl (C=O) groups excluding carboxylic acids is 1. The largest absolute Gasteiger partial charge is 0.289 e. The number of benzene rings is 2. The molecule has 138 valence electrons. The fourth-order valence-corrected chi connectivity index (χ4v) is 3.82. The molecule has 2 aromatic rings. The lowest BCUT2D eigenvalue weighted by atomic mass is 9.81. The van der Waals surface area contributed by atoms with Crippen LogP contribution in [0, 0.1) is 17.8 Å². The molecule has 1 atom stereocenters. The minimum atomic E-state index is -0.0582. The molecule has 1 unspecified atom stereocenters. The van der Waals surface area contributed by atoms with E-state index in [2.05, 4.69) is 43.5 Å². The highest BCUT2D eigenvalue weighted by molar-refractivity contribution is 6.04. The maximum atomic E-state index is 11.6. The van der Waals surface area contributed by atoms with Crippen molar-refractivity contribution in [2.75, 3.05) is 0 Å². The molecule has 0 N–H and O–H groups in total. The number of fused-ring (bicyclic) bond motifs is 1. The van der Waals surface area contributed by atoms with Gasteiger partial charge in [-0.1, -0.05) is 57.1 Å². The van der Waals surface area contributed by atoms with E-state index in [9.17, 15) is 4.79 Å². The van der Waals surface area contributed by atoms with E-state index in [0.29, 0.717) is 5.56 Å². The molecule has 0 bridgehead atoms. The molecule has 0 saturated carbocycles. The standard InChI is InChI=1S/C26H28O/c1-3-5-6-7-21-12-16-25-19-22(13-17-24(25)18-21)9-8-20-10-14-23(15-11-20)26(27)4-2/h4,10-11,13-15,17,19,21H,2-3,5-7,12,16,18H2,1H3. The summed E-state index contributed by atoms with van der Waals surface area (Å²) in [6, 6.07) is 14.1. The smallest absolute Gasteiger partial charge is 0.185 e. The Bertz CT molecular complexity index is 861. The van der Waals surface area contributed by atoms with Crippen molar-refractivity contribution in [3.05, 3.63) is 82.9 Å². The zero-order valence-corrected chi connectivity index (χ0v) is 16.3. The maximum Gasteiger partial charge on any atom is 0.185 e. The van der Waals surface area contributed by atoms with E-state index in [0.717, 1.165) is 17.0 Å². The van der Waals surface area contributed by atoms with Gasteiger partial charge in [-0.15, -0.1) is 0 Å². The molecule has 0 saturated heterocycles. The first-order chi connectivity index (χ1) is 13.2. The highest BCUT2D eigenvalue weighted by atomic mass is 16.1. The van der Waals surface area contributed by atoms with Crippen LogP contribution in [0.4, 0.5) is 0 Å². The Balaban J connectivity index is 1.66. The van der Waals surface area contributed by atoms with Gasteiger partial charge < -0.3 is 0 Å². The van der Waals surface area contributed by atoms with Crippen LogP contribution in [0.5, 0.6) is 0 Å². The molecule has 0 heterocycles. The fourth-order valence-electron chi connectivity index (χ4n) is 3.82. The van der Waals surface area contributed by atoms with E-state index < -0.39 is 0 Å². The Morgan fingerprint density at radius 3 is 2.56 bits per heavy atom. The summed E-state index contributed by atoms with van der Waals surface area (Å²) >= 11 is 0. The number of aryl methyl sites for hydroxylation is 1. The van der Waals surface area contributed by atoms with Gasteiger partial charge in [-0.3, -0.25) is 4.79 Å². The fraction of sp³-hybridized carbons (Fsp3) is 0.346. The van der Waals surface area contributed by atoms with Crippen LogP contribution in [-0.2, 0) is 12.8 Å². The molecule has 0 aliphatic heterocycles. The van der Waals surface area contributed by atoms with Crippen LogP contribution in [0.3, 0.4) is 0 Å². The van der Waals surface area contributed by atoms with Gasteiger partial charge in [0.2, 0.25) is 0 Å². The average Bonchev–Trinajstić information content (AvgIpc) is 2.72. The Hall–Kier alpha value is -2.59. The second kappa shape index (κ2) is 9.38. The molecule has 0 fully saturated rings. The van der Waals surface area contributed by atoms with Gasteiger partial charge in [-0.05, 0) is 78.8 Å². The summed E-state index contributed by atoms with van der Waals surface area (Å²) in [6.07, 6.45) is 10.5. The summed E-state index contributed by atoms with van der Waals surface area (Å²) in [5, 5.41) is 0. The summed E-state index contributed by atoms with van der Waals surface area (Å²) in [5.41, 5.74) is 5.63. The molecule has 1 heteroatoms. The first-order valence-corrected chi connectivity index (χ1v) is 10.1. The van der Waals surface area contributed by atoms with Gasteiger partial charge >= 0.3 is 0 Å². The average molecular weight is 357 g/mol. The number of rotatable bonds is 6. The normalized spacial score (nSPS) is 15.4. The Kier molecular flexibility index (Phi) is 6.66. The Labute approximate surface area is 163 Å². The van der Waals surface area contributed by atoms with Gasteiger partial charge in [0, 0.05) is 16.7 Å². The van der Waals surface area contributed by atoms with Gasteiger partial charge in [-0.2, -0.15) is 0 Å². The summed E-state index contributed by atoms with van der Waals surface area (Å²) in [5.74, 6) is 7.28. The van der Waals surface area contributed by atoms with E-state index >= 15 is 0 Å². The predicted octanol–water partition coefficient (Wildman–Crippen LogP) is 6.14. The van der Waals surface area contributed by atoms with E-state index in [-0.39, 0.29) is 5.78 Å². The molecule has 2 aromatic carbocycles. The summed E-state index contributed by atoms with van der Waals surface area (Å²) in [6.45, 7) is 5.79. The lowest BCUT2D eigenvalue weighted by molar-refractivity contribution is 0.104. The van der Waals surface area contributed by atoms with Gasteiger partial charge in [-0.25, -0.2) is 0 Å². The van der Waals surface area contributed by atoms with Gasteiger partial charge in [0.1, 0.15) is 0 Å². The van der Waals surface area contributed by atoms with Gasteiger partial charge in [0.25, 0.3) is 0 Å². The second-order valence-electron chi connectivity index (χ2n) is 7.48. The van der Waals surface area contributed by atoms with Crippen molar-refractivity contribution in [3.63, 3.8) is 0 Å². The van der Waals surface area contributed by atoms with E-state index in [1.165, 1.54) is 62.1 Å². The maximum absolute atomic E-state index is 11.6. The van der Waals surface area contributed by atoms with Crippen LogP contribution in [0.25, 0.3) is 0 Å². The third-order valence-electron chi connectivity index (χ3n) is 5.46. The van der Waals surface area contributed by atoms with Crippen molar-refractivity contribution >= 4 is 5.78 Å². The van der Waals surface area contributed by atoms with E-state index in [1.54, 1.807) is 12.1 Å². The molecule has 1 nitrogen and oxygen atoms in total. The summed E-state index contributed by atoms with van der Waals surface area (Å²) in [4.78, 5) is 11.6. The van der Waals surface area contributed by atoms with Crippen molar-refractivity contribution in [2.45, 2.75) is 51.9 Å². The molecular formula is C26H28O. The number of hydrogen-bond acceptors (Lipinski definition) is 1. The third-order valence-corrected chi connectivity index (χ3v) is 5.46. The SMILES string of the molecule is C=CC(=O)c1ccc(C#Cc2ccc3c(c2)CCC(CCCCC)C3)cc1. The zero-order chi connectivity index (χ0) is 19.1. The minimum Gasteiger partial charge on any atom is -0.289 e. The van der Waals surface area contributed by atoms with Crippen molar-refractivity contribution in [3.8, 4) is 11.8 Å². The minimum absolute atomic E-state index is 0.0582. The molecule has 0 aromatic heterocycles. The first kappa shape index (κ1) is 19.2. The highest BCUT2D eigenvalue weighted by Gasteiger charge is 2.18. The number of unbranched alkanes of at least 4 members (excludes halogenated alkanes) is 2. The molecular weight excluding hydrogens is 328 g/mol. The van der Waals surface area contributed by atoms with Gasteiger partial charge in [0.05, 0.1) is 0 Å². The van der Waals surface area contributed by atoms with Crippen molar-refractivity contribution in [1.29, 1.82) is 0 Å². The van der Waals surface area contributed by atoms with Crippen molar-refractivity contribution < 1.29 is 4.79 Å². The van der Waals surface area contributed by atoms with E-state index in [1.807, 2.05) is 12.1 Å². The van der Waals surface area contributed by atoms with Crippen LogP contribution in [0.15, 0.2) is 55.1 Å². The quantitative estimate of drug-likeness (QED) is 0.263. The van der Waals surface area contributed by atoms with Crippen LogP contribution >= 0.6 is 0 Å². The lowest BCUT2D eigenvalue weighted by Gasteiger charge is -2.24. The number of carbonyl (C=O) groups is 1. The van der Waals surface area contributed by atoms with Crippen molar-refractivity contribution in [1.82, 2.24) is 0 Å². The highest BCUT2D eigenvalue weighted by Crippen LogP contribution is 2.29. The zero-order valence-electron chi connectivity index (χ0n) is 16.3. The molecule has 3 rings (SSSR count). The summed E-state index contributed by atoms with van der Waals surface area (Å²) in [7, 11) is 0. The predicted molar refractivity (Wildman–Crippen MR) is 113 cm³/mol. The number of hydrogen-bond donors (Lipinski definition) is 0. The molecule has 1 aliphatic rings. The molecule has 1 aliphatic carbocycles. The van der Waals surface area contributed by atoms with Crippen LogP contribution < -0.4 is 0 Å². The van der Waals surface area contributed by atoms with Crippen molar-refractivity contribution in [2.24, 2.45) is 5.92 Å². The molecule has 0 radical (unpaired) electrons. The Morgan fingerprint density at radius 1 is 1.07 bits per heavy atom. The molecule has 0 amide bonds. The third kappa shape index (κ3) is 5.20. The Morgan fingerprint density at radius 2 is 1.81 bits per heavy atom. The van der Waals surface area contributed by atoms with Crippen LogP contribution in [0.2, 0.25) is 0 Å². The molecule has 27 heavy (non-hydrogen) atoms. The summed E-state index contributed by atoms with van der Waals surface area (Å²) < 4.78 is 0. The van der Waals surface area contributed by atoms with E-state index in [4.69, 9.17) is 0 Å².